The lowest BCUT2D eigenvalue weighted by Gasteiger charge is -2.18. The van der Waals surface area contributed by atoms with Crippen molar-refractivity contribution < 1.29 is 22.7 Å². The molecule has 1 aromatic carbocycles. The zero-order valence-corrected chi connectivity index (χ0v) is 11.8. The average Bonchev–Trinajstić information content (AvgIpc) is 2.28. The molecule has 0 fully saturated rings. The summed E-state index contributed by atoms with van der Waals surface area (Å²) in [4.78, 5) is 10.5. The Hall–Kier alpha value is -1.18. The molecule has 0 amide bonds. The monoisotopic (exact) mass is 309 g/mol. The van der Waals surface area contributed by atoms with Gasteiger partial charge in [-0.1, -0.05) is 25.4 Å². The van der Waals surface area contributed by atoms with Gasteiger partial charge in [0.15, 0.2) is 0 Å². The van der Waals surface area contributed by atoms with Gasteiger partial charge in [-0.05, 0) is 24.1 Å². The van der Waals surface area contributed by atoms with Crippen LogP contribution >= 0.6 is 11.6 Å². The zero-order chi connectivity index (χ0) is 14.8. The van der Waals surface area contributed by atoms with E-state index >= 15 is 0 Å². The van der Waals surface area contributed by atoms with E-state index in [1.807, 2.05) is 4.72 Å². The summed E-state index contributed by atoms with van der Waals surface area (Å²) >= 11 is 5.69. The largest absolute Gasteiger partial charge is 0.480 e. The van der Waals surface area contributed by atoms with E-state index in [9.17, 15) is 17.6 Å². The van der Waals surface area contributed by atoms with Gasteiger partial charge in [0.2, 0.25) is 10.0 Å². The van der Waals surface area contributed by atoms with Crippen molar-refractivity contribution in [1.29, 1.82) is 0 Å². The number of benzene rings is 1. The van der Waals surface area contributed by atoms with Crippen LogP contribution < -0.4 is 4.72 Å². The van der Waals surface area contributed by atoms with Crippen molar-refractivity contribution in [3.8, 4) is 0 Å². The SMILES string of the molecule is CC(C)C(NS(=O)(=O)c1cc(F)ccc1Cl)C(=O)O. The molecule has 0 aliphatic carbocycles. The van der Waals surface area contributed by atoms with Crippen molar-refractivity contribution in [3.05, 3.63) is 29.0 Å². The van der Waals surface area contributed by atoms with Crippen molar-refractivity contribution in [2.75, 3.05) is 0 Å². The Labute approximate surface area is 115 Å². The van der Waals surface area contributed by atoms with Crippen molar-refractivity contribution in [2.24, 2.45) is 5.92 Å². The Bertz CT molecular complexity index is 588. The summed E-state index contributed by atoms with van der Waals surface area (Å²) in [6.07, 6.45) is 0. The van der Waals surface area contributed by atoms with E-state index in [2.05, 4.69) is 0 Å². The molecule has 0 radical (unpaired) electrons. The zero-order valence-electron chi connectivity index (χ0n) is 10.2. The highest BCUT2D eigenvalue weighted by Gasteiger charge is 2.29. The van der Waals surface area contributed by atoms with Gasteiger partial charge in [-0.15, -0.1) is 0 Å². The van der Waals surface area contributed by atoms with Gasteiger partial charge in [0, 0.05) is 0 Å². The molecular weight excluding hydrogens is 297 g/mol. The number of hydrogen-bond donors (Lipinski definition) is 2. The molecular formula is C11H13ClFNO4S. The predicted molar refractivity (Wildman–Crippen MR) is 68.0 cm³/mol. The Morgan fingerprint density at radius 3 is 2.47 bits per heavy atom. The standard InChI is InChI=1S/C11H13ClFNO4S/c1-6(2)10(11(15)16)14-19(17,18)9-5-7(13)3-4-8(9)12/h3-6,10,14H,1-2H3,(H,15,16). The van der Waals surface area contributed by atoms with Gasteiger partial charge in [0.1, 0.15) is 16.8 Å². The first-order chi connectivity index (χ1) is 8.65. The second kappa shape index (κ2) is 5.85. The van der Waals surface area contributed by atoms with Crippen molar-refractivity contribution in [1.82, 2.24) is 4.72 Å². The molecule has 106 valence electrons. The molecule has 5 nitrogen and oxygen atoms in total. The average molecular weight is 310 g/mol. The van der Waals surface area contributed by atoms with Crippen molar-refractivity contribution in [3.63, 3.8) is 0 Å². The van der Waals surface area contributed by atoms with Gasteiger partial charge in [-0.2, -0.15) is 4.72 Å². The van der Waals surface area contributed by atoms with Crippen LogP contribution in [0.1, 0.15) is 13.8 Å². The van der Waals surface area contributed by atoms with E-state index in [0.29, 0.717) is 0 Å². The van der Waals surface area contributed by atoms with Gasteiger partial charge in [0.25, 0.3) is 0 Å². The van der Waals surface area contributed by atoms with E-state index < -0.39 is 38.7 Å². The summed E-state index contributed by atoms with van der Waals surface area (Å²) in [6.45, 7) is 3.10. The second-order valence-corrected chi connectivity index (χ2v) is 6.35. The number of sulfonamides is 1. The molecule has 0 saturated heterocycles. The van der Waals surface area contributed by atoms with Crippen molar-refractivity contribution >= 4 is 27.6 Å². The smallest absolute Gasteiger partial charge is 0.322 e. The van der Waals surface area contributed by atoms with Gasteiger partial charge in [0.05, 0.1) is 5.02 Å². The molecule has 0 heterocycles. The van der Waals surface area contributed by atoms with E-state index in [-0.39, 0.29) is 5.02 Å². The van der Waals surface area contributed by atoms with E-state index in [0.717, 1.165) is 18.2 Å². The molecule has 19 heavy (non-hydrogen) atoms. The predicted octanol–water partition coefficient (Wildman–Crippen LogP) is 1.87. The molecule has 1 aromatic rings. The summed E-state index contributed by atoms with van der Waals surface area (Å²) in [5.41, 5.74) is 0. The Kier molecular flexibility index (Phi) is 4.89. The number of aliphatic carboxylic acids is 1. The first-order valence-electron chi connectivity index (χ1n) is 5.35. The molecule has 1 unspecified atom stereocenters. The summed E-state index contributed by atoms with van der Waals surface area (Å²) in [5, 5.41) is 8.76. The summed E-state index contributed by atoms with van der Waals surface area (Å²) in [7, 11) is -4.21. The van der Waals surface area contributed by atoms with Crippen LogP contribution in [0.5, 0.6) is 0 Å². The van der Waals surface area contributed by atoms with Crippen LogP contribution in [0.4, 0.5) is 4.39 Å². The molecule has 0 spiro atoms. The molecule has 0 aromatic heterocycles. The molecule has 0 saturated carbocycles. The number of halogens is 2. The fourth-order valence-electron chi connectivity index (χ4n) is 1.39. The first kappa shape index (κ1) is 15.9. The lowest BCUT2D eigenvalue weighted by atomic mass is 10.1. The Morgan fingerprint density at radius 1 is 1.42 bits per heavy atom. The van der Waals surface area contributed by atoms with Crippen LogP contribution in [0.2, 0.25) is 5.02 Å². The molecule has 0 aliphatic rings. The highest BCUT2D eigenvalue weighted by Crippen LogP contribution is 2.22. The van der Waals surface area contributed by atoms with Crippen LogP contribution in [0, 0.1) is 11.7 Å². The minimum atomic E-state index is -4.21. The van der Waals surface area contributed by atoms with Crippen LogP contribution in [0.25, 0.3) is 0 Å². The summed E-state index contributed by atoms with van der Waals surface area (Å²) in [5.74, 6) is -2.56. The van der Waals surface area contributed by atoms with Crippen LogP contribution in [0.3, 0.4) is 0 Å². The van der Waals surface area contributed by atoms with Gasteiger partial charge < -0.3 is 5.11 Å². The molecule has 1 atom stereocenters. The minimum Gasteiger partial charge on any atom is -0.480 e. The quantitative estimate of drug-likeness (QED) is 0.869. The van der Waals surface area contributed by atoms with Gasteiger partial charge in [-0.3, -0.25) is 4.79 Å². The molecule has 0 bridgehead atoms. The van der Waals surface area contributed by atoms with E-state index in [1.54, 1.807) is 13.8 Å². The maximum Gasteiger partial charge on any atom is 0.322 e. The lowest BCUT2D eigenvalue weighted by molar-refractivity contribution is -0.140. The van der Waals surface area contributed by atoms with Crippen LogP contribution in [-0.4, -0.2) is 25.5 Å². The highest BCUT2D eigenvalue weighted by atomic mass is 35.5. The minimum absolute atomic E-state index is 0.179. The number of carboxylic acid groups (broad SMARTS) is 1. The first-order valence-corrected chi connectivity index (χ1v) is 7.21. The summed E-state index contributed by atoms with van der Waals surface area (Å²) < 4.78 is 39.1. The maximum absolute atomic E-state index is 13.1. The normalized spacial score (nSPS) is 13.5. The second-order valence-electron chi connectivity index (χ2n) is 4.26. The maximum atomic E-state index is 13.1. The van der Waals surface area contributed by atoms with E-state index in [1.165, 1.54) is 0 Å². The summed E-state index contributed by atoms with van der Waals surface area (Å²) in [6, 6.07) is 1.53. The lowest BCUT2D eigenvalue weighted by Crippen LogP contribution is -2.44. The molecule has 0 aliphatic heterocycles. The number of nitrogens with one attached hydrogen (secondary N) is 1. The third-order valence-corrected chi connectivity index (χ3v) is 4.32. The highest BCUT2D eigenvalue weighted by molar-refractivity contribution is 7.89. The number of hydrogen-bond acceptors (Lipinski definition) is 3. The third-order valence-electron chi connectivity index (χ3n) is 2.40. The number of rotatable bonds is 5. The number of carboxylic acids is 1. The Balaban J connectivity index is 3.17. The van der Waals surface area contributed by atoms with Crippen molar-refractivity contribution in [2.45, 2.75) is 24.8 Å². The molecule has 2 N–H and O–H groups in total. The van der Waals surface area contributed by atoms with Crippen LogP contribution in [-0.2, 0) is 14.8 Å². The van der Waals surface area contributed by atoms with Gasteiger partial charge >= 0.3 is 5.97 Å². The van der Waals surface area contributed by atoms with Crippen LogP contribution in [0.15, 0.2) is 23.1 Å². The van der Waals surface area contributed by atoms with Gasteiger partial charge in [-0.25, -0.2) is 12.8 Å². The molecule has 8 heteroatoms. The fraction of sp³-hybridized carbons (Fsp3) is 0.364. The van der Waals surface area contributed by atoms with E-state index in [4.69, 9.17) is 16.7 Å². The third kappa shape index (κ3) is 3.89. The number of carbonyl (C=O) groups is 1. The fourth-order valence-corrected chi connectivity index (χ4v) is 3.23. The Morgan fingerprint density at radius 2 is 2.00 bits per heavy atom. The molecule has 1 rings (SSSR count). The topological polar surface area (TPSA) is 83.5 Å².